The number of hydrogen-bond acceptors (Lipinski definition) is 4. The Bertz CT molecular complexity index is 671. The first-order valence-corrected chi connectivity index (χ1v) is 8.96. The van der Waals surface area contributed by atoms with E-state index in [2.05, 4.69) is 31.7 Å². The second-order valence-electron chi connectivity index (χ2n) is 5.47. The Morgan fingerprint density at radius 2 is 2.25 bits per heavy atom. The molecule has 2 heterocycles. The van der Waals surface area contributed by atoms with Crippen LogP contribution in [0.25, 0.3) is 0 Å². The van der Waals surface area contributed by atoms with E-state index in [1.807, 2.05) is 30.5 Å². The molecule has 0 aliphatic carbocycles. The van der Waals surface area contributed by atoms with Crippen molar-refractivity contribution in [2.45, 2.75) is 25.7 Å². The molecular formula is C16H19BrN4O2S. The van der Waals surface area contributed by atoms with Crippen LogP contribution in [0.5, 0.6) is 5.75 Å². The molecule has 0 amide bonds. The average molecular weight is 411 g/mol. The van der Waals surface area contributed by atoms with Gasteiger partial charge < -0.3 is 20.1 Å². The van der Waals surface area contributed by atoms with E-state index in [0.29, 0.717) is 11.8 Å². The summed E-state index contributed by atoms with van der Waals surface area (Å²) in [4.78, 5) is 0. The van der Waals surface area contributed by atoms with Crippen LogP contribution in [0.4, 0.5) is 5.69 Å². The molecule has 2 N–H and O–H groups in total. The summed E-state index contributed by atoms with van der Waals surface area (Å²) in [6.45, 7) is 1.91. The van der Waals surface area contributed by atoms with Crippen molar-refractivity contribution in [3.05, 3.63) is 41.1 Å². The topological polar surface area (TPSA) is 60.3 Å². The molecule has 1 aromatic carbocycles. The maximum Gasteiger partial charge on any atom is 0.180 e. The number of hydrogen-bond donors (Lipinski definition) is 2. The fraction of sp³-hybridized carbons (Fsp3) is 0.375. The van der Waals surface area contributed by atoms with Crippen molar-refractivity contribution in [1.29, 1.82) is 0 Å². The minimum absolute atomic E-state index is 0.256. The molecule has 0 radical (unpaired) electrons. The number of nitrogens with zero attached hydrogens (tertiary/aromatic N) is 2. The fourth-order valence-electron chi connectivity index (χ4n) is 2.36. The first-order chi connectivity index (χ1) is 11.7. The maximum atomic E-state index is 5.67. The molecule has 0 saturated carbocycles. The molecule has 128 valence electrons. The van der Waals surface area contributed by atoms with Gasteiger partial charge in [0.2, 0.25) is 0 Å². The number of aromatic nitrogens is 2. The van der Waals surface area contributed by atoms with Gasteiger partial charge in [-0.1, -0.05) is 15.9 Å². The lowest BCUT2D eigenvalue weighted by molar-refractivity contribution is 0.114. The van der Waals surface area contributed by atoms with Crippen LogP contribution in [-0.2, 0) is 11.5 Å². The van der Waals surface area contributed by atoms with Gasteiger partial charge in [0.15, 0.2) is 11.8 Å². The van der Waals surface area contributed by atoms with Crippen LogP contribution in [-0.4, -0.2) is 34.1 Å². The Hall–Kier alpha value is -1.64. The molecule has 1 saturated heterocycles. The molecular weight excluding hydrogens is 392 g/mol. The molecule has 1 atom stereocenters. The molecule has 0 spiro atoms. The number of ether oxygens (including phenoxy) is 2. The molecule has 6 nitrogen and oxygen atoms in total. The molecule has 1 unspecified atom stereocenters. The number of benzene rings is 1. The molecule has 0 bridgehead atoms. The van der Waals surface area contributed by atoms with E-state index in [9.17, 15) is 0 Å². The summed E-state index contributed by atoms with van der Waals surface area (Å²) in [5, 5.41) is 11.1. The van der Waals surface area contributed by atoms with E-state index in [0.717, 1.165) is 41.9 Å². The Balaban J connectivity index is 1.42. The van der Waals surface area contributed by atoms with Crippen LogP contribution in [0.1, 0.15) is 12.8 Å². The van der Waals surface area contributed by atoms with Gasteiger partial charge >= 0.3 is 0 Å². The summed E-state index contributed by atoms with van der Waals surface area (Å²) in [6.07, 6.45) is 6.02. The highest BCUT2D eigenvalue weighted by molar-refractivity contribution is 9.10. The van der Waals surface area contributed by atoms with Crippen molar-refractivity contribution in [3.8, 4) is 5.75 Å². The molecule has 2 aromatic rings. The Labute approximate surface area is 154 Å². The largest absolute Gasteiger partial charge is 0.471 e. The van der Waals surface area contributed by atoms with Crippen molar-refractivity contribution in [2.24, 2.45) is 0 Å². The van der Waals surface area contributed by atoms with Gasteiger partial charge in [0.25, 0.3) is 0 Å². The smallest absolute Gasteiger partial charge is 0.180 e. The zero-order valence-corrected chi connectivity index (χ0v) is 15.5. The van der Waals surface area contributed by atoms with Crippen molar-refractivity contribution in [1.82, 2.24) is 15.1 Å². The third kappa shape index (κ3) is 5.19. The van der Waals surface area contributed by atoms with Crippen LogP contribution in [0.3, 0.4) is 0 Å². The van der Waals surface area contributed by atoms with Gasteiger partial charge in [-0.2, -0.15) is 5.10 Å². The Morgan fingerprint density at radius 1 is 1.42 bits per heavy atom. The van der Waals surface area contributed by atoms with Crippen LogP contribution in [0.15, 0.2) is 41.1 Å². The second kappa shape index (κ2) is 8.46. The quantitative estimate of drug-likeness (QED) is 0.713. The van der Waals surface area contributed by atoms with Crippen molar-refractivity contribution < 1.29 is 9.47 Å². The van der Waals surface area contributed by atoms with Gasteiger partial charge in [-0.25, -0.2) is 4.68 Å². The van der Waals surface area contributed by atoms with E-state index < -0.39 is 0 Å². The minimum atomic E-state index is 0.256. The fourth-order valence-corrected chi connectivity index (χ4v) is 2.82. The number of halogens is 1. The lowest BCUT2D eigenvalue weighted by atomic mass is 10.2. The summed E-state index contributed by atoms with van der Waals surface area (Å²) in [6, 6.07) is 7.67. The molecule has 3 rings (SSSR count). The van der Waals surface area contributed by atoms with Crippen LogP contribution >= 0.6 is 28.1 Å². The summed E-state index contributed by atoms with van der Waals surface area (Å²) >= 11 is 8.68. The predicted octanol–water partition coefficient (Wildman–Crippen LogP) is 3.15. The predicted molar refractivity (Wildman–Crippen MR) is 100 cm³/mol. The molecule has 1 fully saturated rings. The zero-order chi connectivity index (χ0) is 16.8. The van der Waals surface area contributed by atoms with Gasteiger partial charge in [-0.15, -0.1) is 0 Å². The van der Waals surface area contributed by atoms with E-state index in [4.69, 9.17) is 21.7 Å². The zero-order valence-electron chi connectivity index (χ0n) is 13.1. The average Bonchev–Trinajstić information content (AvgIpc) is 3.24. The van der Waals surface area contributed by atoms with Crippen LogP contribution in [0.2, 0.25) is 0 Å². The van der Waals surface area contributed by atoms with Gasteiger partial charge in [-0.3, -0.25) is 0 Å². The lowest BCUT2D eigenvalue weighted by Crippen LogP contribution is -2.34. The monoisotopic (exact) mass is 410 g/mol. The van der Waals surface area contributed by atoms with Crippen molar-refractivity contribution in [3.63, 3.8) is 0 Å². The molecule has 24 heavy (non-hydrogen) atoms. The SMILES string of the molecule is S=C(NCC1CCCO1)Nc1cnn(COc2ccc(Br)cc2)c1. The molecule has 1 aromatic heterocycles. The van der Waals surface area contributed by atoms with Gasteiger partial charge in [0.1, 0.15) is 5.75 Å². The lowest BCUT2D eigenvalue weighted by Gasteiger charge is -2.13. The highest BCUT2D eigenvalue weighted by Gasteiger charge is 2.15. The van der Waals surface area contributed by atoms with E-state index in [-0.39, 0.29) is 6.10 Å². The van der Waals surface area contributed by atoms with Crippen molar-refractivity contribution >= 4 is 38.9 Å². The third-order valence-electron chi connectivity index (χ3n) is 3.58. The summed E-state index contributed by atoms with van der Waals surface area (Å²) in [5.74, 6) is 0.789. The maximum absolute atomic E-state index is 5.67. The third-order valence-corrected chi connectivity index (χ3v) is 4.36. The Morgan fingerprint density at radius 3 is 3.00 bits per heavy atom. The van der Waals surface area contributed by atoms with E-state index in [1.54, 1.807) is 10.9 Å². The number of rotatable bonds is 6. The minimum Gasteiger partial charge on any atom is -0.471 e. The highest BCUT2D eigenvalue weighted by Crippen LogP contribution is 2.16. The highest BCUT2D eigenvalue weighted by atomic mass is 79.9. The normalized spacial score (nSPS) is 16.8. The van der Waals surface area contributed by atoms with E-state index in [1.165, 1.54) is 0 Å². The summed E-state index contributed by atoms with van der Waals surface area (Å²) in [5.41, 5.74) is 0.819. The number of thiocarbonyl (C=S) groups is 1. The molecule has 1 aliphatic heterocycles. The Kier molecular flexibility index (Phi) is 6.06. The number of anilines is 1. The van der Waals surface area contributed by atoms with Gasteiger partial charge in [0, 0.05) is 17.6 Å². The molecule has 8 heteroatoms. The van der Waals surface area contributed by atoms with E-state index >= 15 is 0 Å². The van der Waals surface area contributed by atoms with Crippen LogP contribution < -0.4 is 15.4 Å². The number of nitrogens with one attached hydrogen (secondary N) is 2. The standard InChI is InChI=1S/C16H19BrN4O2S/c17-12-3-5-14(6-4-12)23-11-21-10-13(8-19-21)20-16(24)18-9-15-2-1-7-22-15/h3-6,8,10,15H,1-2,7,9,11H2,(H2,18,20,24). The van der Waals surface area contributed by atoms with Gasteiger partial charge in [0.05, 0.1) is 24.2 Å². The molecule has 1 aliphatic rings. The van der Waals surface area contributed by atoms with Crippen LogP contribution in [0, 0.1) is 0 Å². The van der Waals surface area contributed by atoms with Crippen molar-refractivity contribution in [2.75, 3.05) is 18.5 Å². The first kappa shape index (κ1) is 17.2. The first-order valence-electron chi connectivity index (χ1n) is 7.76. The summed E-state index contributed by atoms with van der Waals surface area (Å²) < 4.78 is 13.9. The second-order valence-corrected chi connectivity index (χ2v) is 6.79. The summed E-state index contributed by atoms with van der Waals surface area (Å²) in [7, 11) is 0. The van der Waals surface area contributed by atoms with Gasteiger partial charge in [-0.05, 0) is 49.3 Å².